The van der Waals surface area contributed by atoms with Gasteiger partial charge in [0.15, 0.2) is 0 Å². The van der Waals surface area contributed by atoms with Crippen LogP contribution in [0.2, 0.25) is 0 Å². The second-order valence-electron chi connectivity index (χ2n) is 7.82. The van der Waals surface area contributed by atoms with Gasteiger partial charge in [-0.1, -0.05) is 67.6 Å². The quantitative estimate of drug-likeness (QED) is 0.536. The molecule has 28 heavy (non-hydrogen) atoms. The summed E-state index contributed by atoms with van der Waals surface area (Å²) in [5.41, 5.74) is 0.232. The van der Waals surface area contributed by atoms with Crippen molar-refractivity contribution in [3.63, 3.8) is 0 Å². The first-order valence-electron chi connectivity index (χ1n) is 9.30. The molecule has 0 bridgehead atoms. The van der Waals surface area contributed by atoms with Crippen LogP contribution in [0, 0.1) is 11.3 Å². The minimum absolute atomic E-state index is 0.00381. The van der Waals surface area contributed by atoms with E-state index in [1.807, 2.05) is 45.0 Å². The van der Waals surface area contributed by atoms with Gasteiger partial charge in [0.05, 0.1) is 18.8 Å². The molecule has 7 heteroatoms. The summed E-state index contributed by atoms with van der Waals surface area (Å²) >= 11 is 3.50. The Morgan fingerprint density at radius 2 is 1.93 bits per heavy atom. The number of nitrogens with zero attached hydrogens (tertiary/aromatic N) is 1. The minimum atomic E-state index is -0.982. The lowest BCUT2D eigenvalue weighted by molar-refractivity contribution is -0.151. The number of benzene rings is 1. The molecule has 0 radical (unpaired) electrons. The molecule has 0 aliphatic carbocycles. The van der Waals surface area contributed by atoms with E-state index in [9.17, 15) is 14.7 Å². The number of hydrogen-bond donors (Lipinski definition) is 1. The number of carbonyl (C=O) groups excluding carboxylic acids is 2. The first kappa shape index (κ1) is 22.4. The van der Waals surface area contributed by atoms with Crippen LogP contribution in [0.3, 0.4) is 0 Å². The molecule has 0 unspecified atom stereocenters. The van der Waals surface area contributed by atoms with E-state index in [2.05, 4.69) is 22.5 Å². The van der Waals surface area contributed by atoms with Gasteiger partial charge in [-0.3, -0.25) is 4.90 Å². The Morgan fingerprint density at radius 3 is 2.46 bits per heavy atom. The van der Waals surface area contributed by atoms with Crippen LogP contribution in [0.1, 0.15) is 39.3 Å². The molecule has 154 valence electrons. The van der Waals surface area contributed by atoms with E-state index < -0.39 is 41.6 Å². The van der Waals surface area contributed by atoms with E-state index in [1.165, 1.54) is 11.0 Å². The van der Waals surface area contributed by atoms with Crippen molar-refractivity contribution in [1.29, 1.82) is 0 Å². The molecule has 1 aromatic rings. The Labute approximate surface area is 174 Å². The average Bonchev–Trinajstić information content (AvgIpc) is 2.93. The second kappa shape index (κ2) is 9.09. The van der Waals surface area contributed by atoms with Crippen molar-refractivity contribution < 1.29 is 24.2 Å². The Hall–Kier alpha value is -1.86. The topological polar surface area (TPSA) is 76.1 Å². The number of aliphatic hydroxyl groups excluding tert-OH is 1. The molecule has 0 saturated carbocycles. The average molecular weight is 454 g/mol. The highest BCUT2D eigenvalue weighted by Gasteiger charge is 2.59. The van der Waals surface area contributed by atoms with E-state index in [4.69, 9.17) is 9.47 Å². The van der Waals surface area contributed by atoms with Crippen molar-refractivity contribution in [2.24, 2.45) is 11.3 Å². The first-order chi connectivity index (χ1) is 13.1. The fourth-order valence-electron chi connectivity index (χ4n) is 3.85. The molecule has 1 N–H and O–H groups in total. The molecule has 2 rings (SSSR count). The molecule has 1 heterocycles. The number of esters is 1. The summed E-state index contributed by atoms with van der Waals surface area (Å²) in [7, 11) is 0. The van der Waals surface area contributed by atoms with Gasteiger partial charge in [0.1, 0.15) is 12.6 Å². The van der Waals surface area contributed by atoms with Crippen LogP contribution in [0.25, 0.3) is 0 Å². The van der Waals surface area contributed by atoms with Gasteiger partial charge in [0.2, 0.25) is 0 Å². The zero-order valence-electron chi connectivity index (χ0n) is 16.7. The monoisotopic (exact) mass is 453 g/mol. The van der Waals surface area contributed by atoms with Gasteiger partial charge in [-0.2, -0.15) is 0 Å². The van der Waals surface area contributed by atoms with Crippen LogP contribution in [-0.4, -0.2) is 47.4 Å². The number of aliphatic hydroxyl groups is 1. The zero-order chi connectivity index (χ0) is 21.1. The van der Waals surface area contributed by atoms with E-state index >= 15 is 0 Å². The van der Waals surface area contributed by atoms with Gasteiger partial charge in [-0.25, -0.2) is 9.59 Å². The molecule has 1 aliphatic rings. The lowest BCUT2D eigenvalue weighted by atomic mass is 9.74. The number of likely N-dealkylation sites (tertiary alicyclic amines) is 1. The summed E-state index contributed by atoms with van der Waals surface area (Å²) < 4.78 is 11.3. The fourth-order valence-corrected chi connectivity index (χ4v) is 4.37. The zero-order valence-corrected chi connectivity index (χ0v) is 18.3. The summed E-state index contributed by atoms with van der Waals surface area (Å²) in [4.78, 5) is 27.2. The van der Waals surface area contributed by atoms with Crippen LogP contribution in [0.5, 0.6) is 0 Å². The molecule has 4 atom stereocenters. The van der Waals surface area contributed by atoms with E-state index in [0.29, 0.717) is 5.56 Å². The molecular formula is C21H28BrNO5. The summed E-state index contributed by atoms with van der Waals surface area (Å²) in [6, 6.07) is 5.59. The van der Waals surface area contributed by atoms with E-state index in [0.717, 1.165) is 4.47 Å². The van der Waals surface area contributed by atoms with Gasteiger partial charge in [-0.05, 0) is 24.0 Å². The van der Waals surface area contributed by atoms with Crippen molar-refractivity contribution in [2.75, 3.05) is 13.2 Å². The van der Waals surface area contributed by atoms with Crippen molar-refractivity contribution in [3.05, 3.63) is 47.0 Å². The predicted octanol–water partition coefficient (Wildman–Crippen LogP) is 4.08. The van der Waals surface area contributed by atoms with Gasteiger partial charge < -0.3 is 14.6 Å². The minimum Gasteiger partial charge on any atom is -0.464 e. The van der Waals surface area contributed by atoms with Gasteiger partial charge >= 0.3 is 12.1 Å². The third kappa shape index (κ3) is 4.41. The largest absolute Gasteiger partial charge is 0.464 e. The Bertz CT molecular complexity index is 730. The summed E-state index contributed by atoms with van der Waals surface area (Å²) in [6.45, 7) is 11.3. The maximum absolute atomic E-state index is 13.0. The van der Waals surface area contributed by atoms with Crippen molar-refractivity contribution in [2.45, 2.75) is 45.9 Å². The van der Waals surface area contributed by atoms with Crippen LogP contribution in [-0.2, 0) is 14.3 Å². The number of rotatable bonds is 5. The highest BCUT2D eigenvalue weighted by atomic mass is 79.9. The summed E-state index contributed by atoms with van der Waals surface area (Å²) in [6.07, 6.45) is -0.216. The lowest BCUT2D eigenvalue weighted by Gasteiger charge is -2.34. The number of halogens is 1. The number of ether oxygens (including phenoxy) is 2. The van der Waals surface area contributed by atoms with Crippen LogP contribution >= 0.6 is 15.9 Å². The first-order valence-corrected chi connectivity index (χ1v) is 10.1. The molecule has 1 fully saturated rings. The van der Waals surface area contributed by atoms with Gasteiger partial charge in [0, 0.05) is 10.4 Å². The van der Waals surface area contributed by atoms with E-state index in [-0.39, 0.29) is 13.2 Å². The Morgan fingerprint density at radius 1 is 1.29 bits per heavy atom. The van der Waals surface area contributed by atoms with Crippen molar-refractivity contribution in [3.8, 4) is 0 Å². The van der Waals surface area contributed by atoms with Crippen LogP contribution in [0.4, 0.5) is 4.79 Å². The third-order valence-electron chi connectivity index (χ3n) is 4.92. The number of amides is 1. The molecule has 6 nitrogen and oxygen atoms in total. The lowest BCUT2D eigenvalue weighted by Crippen LogP contribution is -2.48. The Kier molecular flexibility index (Phi) is 7.28. The molecular weight excluding hydrogens is 426 g/mol. The smallest absolute Gasteiger partial charge is 0.411 e. The molecule has 1 amide bonds. The maximum atomic E-state index is 13.0. The standard InChI is InChI=1S/C21H28BrNO5/c1-6-12-28-20(26)23-16(13-10-8-9-11-14(13)22)18(24)15(21(3,4)5)17(23)19(25)27-7-2/h6,8-11,15-18,24H,1,7,12H2,2-5H3/t15-,16+,17+,18-/m1/s1. The predicted molar refractivity (Wildman–Crippen MR) is 110 cm³/mol. The fraction of sp³-hybridized carbons (Fsp3) is 0.524. The van der Waals surface area contributed by atoms with Gasteiger partial charge in [0.25, 0.3) is 0 Å². The molecule has 0 aromatic heterocycles. The van der Waals surface area contributed by atoms with Crippen molar-refractivity contribution in [1.82, 2.24) is 4.90 Å². The highest BCUT2D eigenvalue weighted by molar-refractivity contribution is 9.10. The van der Waals surface area contributed by atoms with Crippen molar-refractivity contribution >= 4 is 28.0 Å². The van der Waals surface area contributed by atoms with Gasteiger partial charge in [-0.15, -0.1) is 0 Å². The summed E-state index contributed by atoms with van der Waals surface area (Å²) in [5.74, 6) is -1.09. The van der Waals surface area contributed by atoms with E-state index in [1.54, 1.807) is 6.92 Å². The van der Waals surface area contributed by atoms with Crippen LogP contribution in [0.15, 0.2) is 41.4 Å². The third-order valence-corrected chi connectivity index (χ3v) is 5.64. The number of carbonyl (C=O) groups is 2. The normalized spacial score (nSPS) is 24.7. The highest BCUT2D eigenvalue weighted by Crippen LogP contribution is 2.49. The molecule has 0 spiro atoms. The molecule has 1 aromatic carbocycles. The number of hydrogen-bond acceptors (Lipinski definition) is 5. The SMILES string of the molecule is C=CCOC(=O)N1[C@H](C(=O)OCC)[C@@H](C(C)(C)C)[C@@H](O)[C@@H]1c1ccccc1Br. The maximum Gasteiger partial charge on any atom is 0.411 e. The second-order valence-corrected chi connectivity index (χ2v) is 8.67. The molecule has 1 saturated heterocycles. The molecule has 1 aliphatic heterocycles. The van der Waals surface area contributed by atoms with Crippen LogP contribution < -0.4 is 0 Å². The summed E-state index contributed by atoms with van der Waals surface area (Å²) in [5, 5.41) is 11.3. The Balaban J connectivity index is 2.63.